The molecule has 3 aromatic rings. The molecule has 2 heterocycles. The lowest BCUT2D eigenvalue weighted by Crippen LogP contribution is -2.27. The van der Waals surface area contributed by atoms with Gasteiger partial charge in [0.2, 0.25) is 5.88 Å². The van der Waals surface area contributed by atoms with Crippen LogP contribution in [0.2, 0.25) is 0 Å². The van der Waals surface area contributed by atoms with Crippen molar-refractivity contribution in [3.05, 3.63) is 65.5 Å². The number of ether oxygens (including phenoxy) is 1. The molecule has 0 aliphatic rings. The van der Waals surface area contributed by atoms with Crippen LogP contribution < -0.4 is 10.1 Å². The van der Waals surface area contributed by atoms with E-state index in [4.69, 9.17) is 4.74 Å². The van der Waals surface area contributed by atoms with Crippen molar-refractivity contribution >= 4 is 16.8 Å². The third-order valence-electron chi connectivity index (χ3n) is 4.15. The van der Waals surface area contributed by atoms with E-state index in [-0.39, 0.29) is 11.8 Å². The number of carbonyl (C=O) groups excluding carboxylic acids is 1. The van der Waals surface area contributed by atoms with Gasteiger partial charge in [-0.3, -0.25) is 9.78 Å². The van der Waals surface area contributed by atoms with Crippen molar-refractivity contribution in [2.45, 2.75) is 26.1 Å². The lowest BCUT2D eigenvalue weighted by Gasteiger charge is -2.17. The molecular formula is C20H18F3N3O2. The summed E-state index contributed by atoms with van der Waals surface area (Å²) in [5.41, 5.74) is 2.15. The van der Waals surface area contributed by atoms with Gasteiger partial charge < -0.3 is 10.1 Å². The molecule has 0 spiro atoms. The van der Waals surface area contributed by atoms with E-state index in [9.17, 15) is 18.0 Å². The first-order chi connectivity index (χ1) is 13.2. The van der Waals surface area contributed by atoms with E-state index in [0.717, 1.165) is 5.39 Å². The molecule has 1 atom stereocenters. The Morgan fingerprint density at radius 3 is 2.68 bits per heavy atom. The molecule has 1 aromatic carbocycles. The van der Waals surface area contributed by atoms with Gasteiger partial charge in [0.1, 0.15) is 0 Å². The highest BCUT2D eigenvalue weighted by Crippen LogP contribution is 2.23. The van der Waals surface area contributed by atoms with Crippen LogP contribution in [0, 0.1) is 6.92 Å². The summed E-state index contributed by atoms with van der Waals surface area (Å²) in [7, 11) is 0. The highest BCUT2D eigenvalue weighted by atomic mass is 19.4. The first kappa shape index (κ1) is 19.6. The fraction of sp³-hybridized carbons (Fsp3) is 0.250. The Bertz CT molecular complexity index is 1000. The minimum absolute atomic E-state index is 0.0853. The number of hydrogen-bond donors (Lipinski definition) is 1. The molecule has 1 unspecified atom stereocenters. The average Bonchev–Trinajstić information content (AvgIpc) is 2.65. The summed E-state index contributed by atoms with van der Waals surface area (Å²) in [6, 6.07) is 10.2. The summed E-state index contributed by atoms with van der Waals surface area (Å²) in [6.07, 6.45) is -1.42. The number of alkyl halides is 3. The van der Waals surface area contributed by atoms with E-state index >= 15 is 0 Å². The fourth-order valence-corrected chi connectivity index (χ4v) is 2.77. The third kappa shape index (κ3) is 4.57. The van der Waals surface area contributed by atoms with Gasteiger partial charge in [-0.1, -0.05) is 18.2 Å². The number of pyridine rings is 2. The van der Waals surface area contributed by atoms with Crippen LogP contribution in [0.5, 0.6) is 5.88 Å². The zero-order chi connectivity index (χ0) is 20.3. The number of rotatable bonds is 5. The average molecular weight is 389 g/mol. The smallest absolute Gasteiger partial charge is 0.422 e. The molecule has 8 heteroatoms. The Labute approximate surface area is 159 Å². The van der Waals surface area contributed by atoms with Crippen LogP contribution in [0.15, 0.2) is 48.8 Å². The predicted molar refractivity (Wildman–Crippen MR) is 98.1 cm³/mol. The van der Waals surface area contributed by atoms with Crippen molar-refractivity contribution in [2.24, 2.45) is 0 Å². The quantitative estimate of drug-likeness (QED) is 0.704. The minimum Gasteiger partial charge on any atom is -0.468 e. The Morgan fingerprint density at radius 2 is 1.96 bits per heavy atom. The molecule has 0 fully saturated rings. The van der Waals surface area contributed by atoms with Gasteiger partial charge >= 0.3 is 6.18 Å². The Hall–Kier alpha value is -3.16. The summed E-state index contributed by atoms with van der Waals surface area (Å²) >= 11 is 0. The molecule has 3 rings (SSSR count). The normalized spacial score (nSPS) is 12.6. The SMILES string of the molecule is Cc1cc(C(C)NC(=O)c2cccc3cccnc23)cnc1OCC(F)(F)F. The number of carbonyl (C=O) groups is 1. The van der Waals surface area contributed by atoms with Gasteiger partial charge in [-0.2, -0.15) is 13.2 Å². The van der Waals surface area contributed by atoms with Gasteiger partial charge in [-0.05, 0) is 37.6 Å². The maximum Gasteiger partial charge on any atom is 0.422 e. The first-order valence-electron chi connectivity index (χ1n) is 8.55. The summed E-state index contributed by atoms with van der Waals surface area (Å²) in [4.78, 5) is 20.9. The lowest BCUT2D eigenvalue weighted by molar-refractivity contribution is -0.154. The van der Waals surface area contributed by atoms with Crippen molar-refractivity contribution in [1.29, 1.82) is 0 Å². The van der Waals surface area contributed by atoms with E-state index in [1.807, 2.05) is 12.1 Å². The summed E-state index contributed by atoms with van der Waals surface area (Å²) in [5.74, 6) is -0.385. The minimum atomic E-state index is -4.43. The van der Waals surface area contributed by atoms with Crippen LogP contribution in [0.4, 0.5) is 13.2 Å². The van der Waals surface area contributed by atoms with Crippen LogP contribution in [0.25, 0.3) is 10.9 Å². The molecule has 0 saturated heterocycles. The first-order valence-corrected chi connectivity index (χ1v) is 8.55. The van der Waals surface area contributed by atoms with Crippen LogP contribution in [0.1, 0.15) is 34.5 Å². The number of fused-ring (bicyclic) bond motifs is 1. The molecule has 1 amide bonds. The summed E-state index contributed by atoms with van der Waals surface area (Å²) in [5, 5.41) is 3.72. The maximum atomic E-state index is 12.7. The van der Waals surface area contributed by atoms with E-state index in [1.54, 1.807) is 44.3 Å². The van der Waals surface area contributed by atoms with Crippen molar-refractivity contribution in [3.8, 4) is 5.88 Å². The molecule has 1 N–H and O–H groups in total. The van der Waals surface area contributed by atoms with Gasteiger partial charge in [0.15, 0.2) is 6.61 Å². The third-order valence-corrected chi connectivity index (χ3v) is 4.15. The molecule has 0 aliphatic heterocycles. The zero-order valence-electron chi connectivity index (χ0n) is 15.2. The van der Waals surface area contributed by atoms with Gasteiger partial charge in [-0.15, -0.1) is 0 Å². The van der Waals surface area contributed by atoms with Crippen molar-refractivity contribution < 1.29 is 22.7 Å². The number of aromatic nitrogens is 2. The van der Waals surface area contributed by atoms with Gasteiger partial charge in [0.25, 0.3) is 5.91 Å². The molecular weight excluding hydrogens is 371 g/mol. The number of nitrogens with zero attached hydrogens (tertiary/aromatic N) is 2. The molecule has 5 nitrogen and oxygen atoms in total. The van der Waals surface area contributed by atoms with E-state index in [1.165, 1.54) is 6.20 Å². The van der Waals surface area contributed by atoms with E-state index < -0.39 is 18.8 Å². The number of para-hydroxylation sites is 1. The summed E-state index contributed by atoms with van der Waals surface area (Å²) in [6.45, 7) is 1.97. The monoisotopic (exact) mass is 389 g/mol. The Kier molecular flexibility index (Phi) is 5.48. The Morgan fingerprint density at radius 1 is 1.21 bits per heavy atom. The van der Waals surface area contributed by atoms with Crippen LogP contribution in [-0.4, -0.2) is 28.7 Å². The highest BCUT2D eigenvalue weighted by molar-refractivity contribution is 6.05. The molecule has 146 valence electrons. The molecule has 0 radical (unpaired) electrons. The molecule has 2 aromatic heterocycles. The predicted octanol–water partition coefficient (Wildman–Crippen LogP) is 4.37. The second-order valence-corrected chi connectivity index (χ2v) is 6.37. The number of hydrogen-bond acceptors (Lipinski definition) is 4. The second kappa shape index (κ2) is 7.84. The van der Waals surface area contributed by atoms with E-state index in [0.29, 0.717) is 22.2 Å². The van der Waals surface area contributed by atoms with Gasteiger partial charge in [0.05, 0.1) is 17.1 Å². The molecule has 28 heavy (non-hydrogen) atoms. The second-order valence-electron chi connectivity index (χ2n) is 6.37. The standard InChI is InChI=1S/C20H18F3N3O2/c1-12-9-15(10-25-19(12)28-11-20(21,22)23)13(2)26-18(27)16-7-3-5-14-6-4-8-24-17(14)16/h3-10,13H,11H2,1-2H3,(H,26,27). The summed E-state index contributed by atoms with van der Waals surface area (Å²) < 4.78 is 41.6. The Balaban J connectivity index is 1.74. The number of benzene rings is 1. The number of nitrogens with one attached hydrogen (secondary N) is 1. The number of amides is 1. The van der Waals surface area contributed by atoms with Crippen LogP contribution >= 0.6 is 0 Å². The van der Waals surface area contributed by atoms with Crippen LogP contribution in [0.3, 0.4) is 0 Å². The van der Waals surface area contributed by atoms with Crippen molar-refractivity contribution in [1.82, 2.24) is 15.3 Å². The highest BCUT2D eigenvalue weighted by Gasteiger charge is 2.29. The van der Waals surface area contributed by atoms with Crippen molar-refractivity contribution in [3.63, 3.8) is 0 Å². The number of aryl methyl sites for hydroxylation is 1. The van der Waals surface area contributed by atoms with E-state index in [2.05, 4.69) is 15.3 Å². The molecule has 0 bridgehead atoms. The molecule has 0 saturated carbocycles. The molecule has 0 aliphatic carbocycles. The largest absolute Gasteiger partial charge is 0.468 e. The van der Waals surface area contributed by atoms with Gasteiger partial charge in [-0.25, -0.2) is 4.98 Å². The fourth-order valence-electron chi connectivity index (χ4n) is 2.77. The lowest BCUT2D eigenvalue weighted by atomic mass is 10.1. The van der Waals surface area contributed by atoms with Crippen LogP contribution in [-0.2, 0) is 0 Å². The number of halogens is 3. The maximum absolute atomic E-state index is 12.7. The van der Waals surface area contributed by atoms with Crippen molar-refractivity contribution in [2.75, 3.05) is 6.61 Å². The van der Waals surface area contributed by atoms with Gasteiger partial charge in [0, 0.05) is 23.3 Å². The topological polar surface area (TPSA) is 64.1 Å². The zero-order valence-corrected chi connectivity index (χ0v) is 15.2.